The predicted molar refractivity (Wildman–Crippen MR) is 60.7 cm³/mol. The molecule has 0 aliphatic rings. The molecule has 0 bridgehead atoms. The Hall–Kier alpha value is -1.30. The highest BCUT2D eigenvalue weighted by molar-refractivity contribution is 5.73. The van der Waals surface area contributed by atoms with Gasteiger partial charge in [0.05, 0.1) is 0 Å². The van der Waals surface area contributed by atoms with Gasteiger partial charge in [0, 0.05) is 0 Å². The van der Waals surface area contributed by atoms with Crippen molar-refractivity contribution < 1.29 is 0 Å². The Bertz CT molecular complexity index is 357. The van der Waals surface area contributed by atoms with Crippen molar-refractivity contribution in [3.05, 3.63) is 47.5 Å². The van der Waals surface area contributed by atoms with Crippen molar-refractivity contribution in [1.82, 2.24) is 0 Å². The molecular weight excluding hydrogens is 156 g/mol. The van der Waals surface area contributed by atoms with E-state index in [0.29, 0.717) is 0 Å². The van der Waals surface area contributed by atoms with Gasteiger partial charge in [-0.05, 0) is 37.5 Å². The average Bonchev–Trinajstić information content (AvgIpc) is 2.02. The maximum absolute atomic E-state index is 3.97. The standard InChI is InChI=1S/C13H16/c1-6-12-11(5)7-10(4)8-13(12)9(2)3/h6-8H,1-2H2,3-5H3. The minimum Gasteiger partial charge on any atom is -0.0984 e. The summed E-state index contributed by atoms with van der Waals surface area (Å²) in [4.78, 5) is 0. The van der Waals surface area contributed by atoms with Crippen LogP contribution in [-0.2, 0) is 0 Å². The van der Waals surface area contributed by atoms with E-state index in [9.17, 15) is 0 Å². The lowest BCUT2D eigenvalue weighted by molar-refractivity contribution is 1.34. The van der Waals surface area contributed by atoms with Gasteiger partial charge in [-0.1, -0.05) is 42.5 Å². The molecule has 0 saturated carbocycles. The third kappa shape index (κ3) is 1.89. The molecule has 0 heterocycles. The van der Waals surface area contributed by atoms with Crippen LogP contribution in [0, 0.1) is 13.8 Å². The Balaban J connectivity index is 3.46. The Morgan fingerprint density at radius 3 is 2.38 bits per heavy atom. The number of aryl methyl sites for hydroxylation is 2. The van der Waals surface area contributed by atoms with Crippen LogP contribution in [0.4, 0.5) is 0 Å². The first-order valence-electron chi connectivity index (χ1n) is 4.46. The highest BCUT2D eigenvalue weighted by Crippen LogP contribution is 2.23. The molecule has 1 rings (SSSR count). The molecule has 0 radical (unpaired) electrons. The Morgan fingerprint density at radius 2 is 1.92 bits per heavy atom. The molecule has 0 aliphatic heterocycles. The zero-order valence-electron chi connectivity index (χ0n) is 8.65. The van der Waals surface area contributed by atoms with Gasteiger partial charge in [0.1, 0.15) is 0 Å². The maximum atomic E-state index is 3.97. The minimum absolute atomic E-state index is 1.10. The molecule has 0 atom stereocenters. The van der Waals surface area contributed by atoms with Gasteiger partial charge in [-0.15, -0.1) is 0 Å². The highest BCUT2D eigenvalue weighted by atomic mass is 14.1. The molecule has 0 spiro atoms. The van der Waals surface area contributed by atoms with Gasteiger partial charge in [-0.2, -0.15) is 0 Å². The van der Waals surface area contributed by atoms with Crippen molar-refractivity contribution in [1.29, 1.82) is 0 Å². The fraction of sp³-hybridized carbons (Fsp3) is 0.231. The first kappa shape index (κ1) is 9.79. The number of benzene rings is 1. The van der Waals surface area contributed by atoms with E-state index >= 15 is 0 Å². The third-order valence-corrected chi connectivity index (χ3v) is 2.20. The lowest BCUT2D eigenvalue weighted by atomic mass is 9.95. The van der Waals surface area contributed by atoms with Crippen molar-refractivity contribution in [2.75, 3.05) is 0 Å². The lowest BCUT2D eigenvalue weighted by Gasteiger charge is -2.10. The quantitative estimate of drug-likeness (QED) is 0.633. The van der Waals surface area contributed by atoms with E-state index in [0.717, 1.165) is 5.57 Å². The van der Waals surface area contributed by atoms with Gasteiger partial charge in [0.25, 0.3) is 0 Å². The van der Waals surface area contributed by atoms with E-state index in [1.807, 2.05) is 13.0 Å². The van der Waals surface area contributed by atoms with E-state index in [1.54, 1.807) is 0 Å². The summed E-state index contributed by atoms with van der Waals surface area (Å²) in [6.45, 7) is 14.0. The van der Waals surface area contributed by atoms with Crippen LogP contribution in [0.15, 0.2) is 25.3 Å². The molecule has 0 aliphatic carbocycles. The van der Waals surface area contributed by atoms with E-state index in [1.165, 1.54) is 22.3 Å². The van der Waals surface area contributed by atoms with Crippen LogP contribution >= 0.6 is 0 Å². The largest absolute Gasteiger partial charge is 0.0984 e. The second-order valence-electron chi connectivity index (χ2n) is 3.53. The Labute approximate surface area is 80.6 Å². The summed E-state index contributed by atoms with van der Waals surface area (Å²) in [7, 11) is 0. The van der Waals surface area contributed by atoms with Crippen LogP contribution in [0.3, 0.4) is 0 Å². The minimum atomic E-state index is 1.10. The maximum Gasteiger partial charge on any atom is -0.0156 e. The number of hydrogen-bond acceptors (Lipinski definition) is 0. The van der Waals surface area contributed by atoms with Gasteiger partial charge in [0.2, 0.25) is 0 Å². The Kier molecular flexibility index (Phi) is 2.72. The summed E-state index contributed by atoms with van der Waals surface area (Å²) < 4.78 is 0. The fourth-order valence-electron chi connectivity index (χ4n) is 1.60. The molecule has 68 valence electrons. The Morgan fingerprint density at radius 1 is 1.31 bits per heavy atom. The molecule has 0 N–H and O–H groups in total. The van der Waals surface area contributed by atoms with Crippen LogP contribution in [0.5, 0.6) is 0 Å². The molecule has 13 heavy (non-hydrogen) atoms. The zero-order valence-corrected chi connectivity index (χ0v) is 8.65. The summed E-state index contributed by atoms with van der Waals surface area (Å²) in [6.07, 6.45) is 1.90. The van der Waals surface area contributed by atoms with Gasteiger partial charge in [0.15, 0.2) is 0 Å². The summed E-state index contributed by atoms with van der Waals surface area (Å²) in [6, 6.07) is 4.33. The van der Waals surface area contributed by atoms with E-state index in [2.05, 4.69) is 39.1 Å². The van der Waals surface area contributed by atoms with E-state index in [4.69, 9.17) is 0 Å². The first-order chi connectivity index (χ1) is 6.06. The molecule has 0 heteroatoms. The molecule has 0 nitrogen and oxygen atoms in total. The van der Waals surface area contributed by atoms with Crippen molar-refractivity contribution in [3.63, 3.8) is 0 Å². The first-order valence-corrected chi connectivity index (χ1v) is 4.46. The second kappa shape index (κ2) is 3.61. The van der Waals surface area contributed by atoms with Gasteiger partial charge >= 0.3 is 0 Å². The molecule has 0 fully saturated rings. The molecule has 0 aromatic heterocycles. The molecule has 1 aromatic carbocycles. The topological polar surface area (TPSA) is 0 Å². The van der Waals surface area contributed by atoms with Gasteiger partial charge in [-0.3, -0.25) is 0 Å². The molecule has 0 saturated heterocycles. The van der Waals surface area contributed by atoms with Crippen molar-refractivity contribution in [2.45, 2.75) is 20.8 Å². The fourth-order valence-corrected chi connectivity index (χ4v) is 1.60. The van der Waals surface area contributed by atoms with Crippen LogP contribution < -0.4 is 0 Å². The molecular formula is C13H16. The second-order valence-corrected chi connectivity index (χ2v) is 3.53. The average molecular weight is 172 g/mol. The predicted octanol–water partition coefficient (Wildman–Crippen LogP) is 3.98. The van der Waals surface area contributed by atoms with Crippen LogP contribution in [0.25, 0.3) is 11.6 Å². The normalized spacial score (nSPS) is 9.77. The smallest absolute Gasteiger partial charge is 0.0156 e. The summed E-state index contributed by atoms with van der Waals surface area (Å²) in [5, 5.41) is 0. The number of allylic oxidation sites excluding steroid dienone is 1. The van der Waals surface area contributed by atoms with Crippen molar-refractivity contribution >= 4 is 11.6 Å². The van der Waals surface area contributed by atoms with Crippen LogP contribution in [-0.4, -0.2) is 0 Å². The van der Waals surface area contributed by atoms with Crippen LogP contribution in [0.1, 0.15) is 29.2 Å². The van der Waals surface area contributed by atoms with E-state index < -0.39 is 0 Å². The monoisotopic (exact) mass is 172 g/mol. The SMILES string of the molecule is C=Cc1c(C)cc(C)cc1C(=C)C. The summed E-state index contributed by atoms with van der Waals surface area (Å²) in [5.41, 5.74) is 6.07. The molecule has 0 unspecified atom stereocenters. The van der Waals surface area contributed by atoms with Gasteiger partial charge in [-0.25, -0.2) is 0 Å². The summed E-state index contributed by atoms with van der Waals surface area (Å²) >= 11 is 0. The number of hydrogen-bond donors (Lipinski definition) is 0. The molecule has 1 aromatic rings. The van der Waals surface area contributed by atoms with E-state index in [-0.39, 0.29) is 0 Å². The lowest BCUT2D eigenvalue weighted by Crippen LogP contribution is -1.90. The summed E-state index contributed by atoms with van der Waals surface area (Å²) in [5.74, 6) is 0. The zero-order chi connectivity index (χ0) is 10.0. The van der Waals surface area contributed by atoms with Gasteiger partial charge < -0.3 is 0 Å². The number of rotatable bonds is 2. The van der Waals surface area contributed by atoms with Crippen molar-refractivity contribution in [2.24, 2.45) is 0 Å². The third-order valence-electron chi connectivity index (χ3n) is 2.20. The van der Waals surface area contributed by atoms with Crippen LogP contribution in [0.2, 0.25) is 0 Å². The highest BCUT2D eigenvalue weighted by Gasteiger charge is 2.03. The van der Waals surface area contributed by atoms with Crippen molar-refractivity contribution in [3.8, 4) is 0 Å². The molecule has 0 amide bonds.